The van der Waals surface area contributed by atoms with E-state index in [0.29, 0.717) is 18.7 Å². The molecule has 0 radical (unpaired) electrons. The molecule has 148 valence electrons. The molecular weight excluding hydrogens is 390 g/mol. The normalized spacial score (nSPS) is 10.9. The summed E-state index contributed by atoms with van der Waals surface area (Å²) in [4.78, 5) is 11.3. The average molecular weight is 408 g/mol. The lowest BCUT2D eigenvalue weighted by molar-refractivity contribution is 0.235. The molecule has 0 aliphatic rings. The lowest BCUT2D eigenvalue weighted by Gasteiger charge is -2.10. The van der Waals surface area contributed by atoms with Crippen LogP contribution < -0.4 is 15.4 Å². The molecule has 0 atom stereocenters. The Kier molecular flexibility index (Phi) is 7.35. The summed E-state index contributed by atoms with van der Waals surface area (Å²) in [6, 6.07) is 11.3. The molecule has 28 heavy (non-hydrogen) atoms. The molecule has 0 unspecified atom stereocenters. The topological polar surface area (TPSA) is 84.5 Å². The molecule has 0 aliphatic carbocycles. The van der Waals surface area contributed by atoms with Gasteiger partial charge in [-0.15, -0.1) is 6.42 Å². The van der Waals surface area contributed by atoms with Crippen molar-refractivity contribution in [1.29, 1.82) is 0 Å². The number of hydrogen-bond acceptors (Lipinski definition) is 4. The Hall–Kier alpha value is -3.12. The molecule has 0 saturated heterocycles. The van der Waals surface area contributed by atoms with E-state index in [2.05, 4.69) is 16.6 Å². The summed E-state index contributed by atoms with van der Waals surface area (Å²) in [5, 5.41) is 5.02. The molecular formula is C19H18F2N2O4S. The maximum absolute atomic E-state index is 12.6. The molecule has 0 saturated carbocycles. The van der Waals surface area contributed by atoms with Crippen LogP contribution in [0.25, 0.3) is 0 Å². The van der Waals surface area contributed by atoms with E-state index in [1.165, 1.54) is 12.1 Å². The van der Waals surface area contributed by atoms with Crippen LogP contribution in [-0.2, 0) is 16.3 Å². The van der Waals surface area contributed by atoms with Crippen molar-refractivity contribution >= 4 is 21.6 Å². The van der Waals surface area contributed by atoms with Crippen LogP contribution in [0, 0.1) is 12.3 Å². The van der Waals surface area contributed by atoms with Gasteiger partial charge in [0.1, 0.15) is 12.4 Å². The molecule has 0 spiro atoms. The molecule has 2 aromatic rings. The van der Waals surface area contributed by atoms with Crippen LogP contribution in [0.4, 0.5) is 19.3 Å². The molecule has 9 heteroatoms. The van der Waals surface area contributed by atoms with Crippen LogP contribution in [0.2, 0.25) is 0 Å². The van der Waals surface area contributed by atoms with Gasteiger partial charge in [0.25, 0.3) is 0 Å². The van der Waals surface area contributed by atoms with Gasteiger partial charge < -0.3 is 15.4 Å². The van der Waals surface area contributed by atoms with Crippen molar-refractivity contribution in [1.82, 2.24) is 5.32 Å². The molecule has 2 aromatic carbocycles. The summed E-state index contributed by atoms with van der Waals surface area (Å²) in [7, 11) is -4.72. The Bertz CT molecular complexity index is 955. The third kappa shape index (κ3) is 5.96. The summed E-state index contributed by atoms with van der Waals surface area (Å²) >= 11 is 0. The van der Waals surface area contributed by atoms with E-state index in [-0.39, 0.29) is 12.3 Å². The summed E-state index contributed by atoms with van der Waals surface area (Å²) in [5.41, 5.74) is 1.05. The summed E-state index contributed by atoms with van der Waals surface area (Å²) in [6.07, 6.45) is 5.66. The largest absolute Gasteiger partial charge is 0.481 e. The first-order chi connectivity index (χ1) is 13.3. The molecule has 0 fully saturated rings. The van der Waals surface area contributed by atoms with Gasteiger partial charge in [0.05, 0.1) is 4.90 Å². The Morgan fingerprint density at radius 1 is 1.18 bits per heavy atom. The number of benzene rings is 2. The van der Waals surface area contributed by atoms with Gasteiger partial charge in [-0.1, -0.05) is 24.1 Å². The van der Waals surface area contributed by atoms with Crippen LogP contribution >= 0.6 is 0 Å². The number of carbonyl (C=O) groups excluding carboxylic acids is 1. The fourth-order valence-corrected chi connectivity index (χ4v) is 2.99. The zero-order valence-electron chi connectivity index (χ0n) is 14.7. The van der Waals surface area contributed by atoms with Gasteiger partial charge in [0, 0.05) is 12.2 Å². The maximum atomic E-state index is 12.6. The van der Waals surface area contributed by atoms with Crippen LogP contribution in [0.1, 0.15) is 5.56 Å². The summed E-state index contributed by atoms with van der Waals surface area (Å²) in [6.45, 7) is 0.492. The fourth-order valence-electron chi connectivity index (χ4n) is 2.23. The maximum Gasteiger partial charge on any atom is 0.341 e. The zero-order valence-corrected chi connectivity index (χ0v) is 15.5. The van der Waals surface area contributed by atoms with Crippen molar-refractivity contribution in [3.8, 4) is 18.1 Å². The molecule has 0 heterocycles. The van der Waals surface area contributed by atoms with Gasteiger partial charge in [-0.2, -0.15) is 8.78 Å². The van der Waals surface area contributed by atoms with Crippen LogP contribution in [0.15, 0.2) is 53.4 Å². The Labute approximate surface area is 161 Å². The number of rotatable bonds is 8. The van der Waals surface area contributed by atoms with Crippen LogP contribution in [0.3, 0.4) is 0 Å². The van der Waals surface area contributed by atoms with Gasteiger partial charge in [-0.25, -0.2) is 13.2 Å². The SMILES string of the molecule is C#CCOc1ccc(CCNC(=O)Nc2cccc(S(=O)(=O)C(F)F)c2)cc1. The van der Waals surface area contributed by atoms with E-state index in [1.807, 2.05) is 12.1 Å². The standard InChI is InChI=1S/C19H18F2N2O4S/c1-2-12-27-16-8-6-14(7-9-16)10-11-22-19(24)23-15-4-3-5-17(13-15)28(25,26)18(20)21/h1,3-9,13,18H,10-12H2,(H2,22,23,24). The van der Waals surface area contributed by atoms with Crippen molar-refractivity contribution in [3.05, 3.63) is 54.1 Å². The zero-order chi connectivity index (χ0) is 20.6. The summed E-state index contributed by atoms with van der Waals surface area (Å²) < 4.78 is 53.4. The predicted molar refractivity (Wildman–Crippen MR) is 101 cm³/mol. The van der Waals surface area contributed by atoms with E-state index < -0.39 is 26.5 Å². The number of terminal acetylenes is 1. The number of urea groups is 1. The highest BCUT2D eigenvalue weighted by molar-refractivity contribution is 7.91. The van der Waals surface area contributed by atoms with Crippen molar-refractivity contribution in [2.45, 2.75) is 17.1 Å². The molecule has 0 bridgehead atoms. The van der Waals surface area contributed by atoms with E-state index in [9.17, 15) is 22.0 Å². The number of nitrogens with one attached hydrogen (secondary N) is 2. The molecule has 2 N–H and O–H groups in total. The number of alkyl halides is 2. The van der Waals surface area contributed by atoms with E-state index in [0.717, 1.165) is 17.7 Å². The highest BCUT2D eigenvalue weighted by Crippen LogP contribution is 2.21. The number of amides is 2. The van der Waals surface area contributed by atoms with Crippen molar-refractivity contribution < 1.29 is 26.7 Å². The number of anilines is 1. The molecule has 0 aromatic heterocycles. The summed E-state index contributed by atoms with van der Waals surface area (Å²) in [5.74, 6) is -0.516. The second-order valence-corrected chi connectivity index (χ2v) is 7.52. The van der Waals surface area contributed by atoms with Crippen molar-refractivity contribution in [2.75, 3.05) is 18.5 Å². The molecule has 2 rings (SSSR count). The van der Waals surface area contributed by atoms with Crippen molar-refractivity contribution in [2.24, 2.45) is 0 Å². The van der Waals surface area contributed by atoms with Gasteiger partial charge in [0.15, 0.2) is 0 Å². The first-order valence-corrected chi connectivity index (χ1v) is 9.69. The number of hydrogen-bond donors (Lipinski definition) is 2. The number of sulfone groups is 1. The molecule has 6 nitrogen and oxygen atoms in total. The number of ether oxygens (including phenoxy) is 1. The minimum atomic E-state index is -4.72. The lowest BCUT2D eigenvalue weighted by Crippen LogP contribution is -2.30. The first-order valence-electron chi connectivity index (χ1n) is 8.15. The van der Waals surface area contributed by atoms with Crippen molar-refractivity contribution in [3.63, 3.8) is 0 Å². The van der Waals surface area contributed by atoms with Gasteiger partial charge >= 0.3 is 11.8 Å². The second kappa shape index (κ2) is 9.71. The Morgan fingerprint density at radius 3 is 2.54 bits per heavy atom. The van der Waals surface area contributed by atoms with Gasteiger partial charge in [-0.05, 0) is 42.3 Å². The third-order valence-electron chi connectivity index (χ3n) is 3.60. The average Bonchev–Trinajstić information content (AvgIpc) is 2.67. The highest BCUT2D eigenvalue weighted by Gasteiger charge is 2.26. The minimum absolute atomic E-state index is 0.0919. The molecule has 0 aliphatic heterocycles. The van der Waals surface area contributed by atoms with Crippen LogP contribution in [-0.4, -0.2) is 33.4 Å². The van der Waals surface area contributed by atoms with E-state index in [1.54, 1.807) is 12.1 Å². The highest BCUT2D eigenvalue weighted by atomic mass is 32.2. The number of carbonyl (C=O) groups is 1. The smallest absolute Gasteiger partial charge is 0.341 e. The fraction of sp³-hybridized carbons (Fsp3) is 0.211. The Balaban J connectivity index is 1.85. The monoisotopic (exact) mass is 408 g/mol. The number of halogens is 2. The lowest BCUT2D eigenvalue weighted by atomic mass is 10.1. The van der Waals surface area contributed by atoms with E-state index >= 15 is 0 Å². The Morgan fingerprint density at radius 2 is 1.89 bits per heavy atom. The van der Waals surface area contributed by atoms with Gasteiger partial charge in [0.2, 0.25) is 9.84 Å². The first kappa shape index (κ1) is 21.2. The van der Waals surface area contributed by atoms with Gasteiger partial charge in [-0.3, -0.25) is 0 Å². The molecule has 2 amide bonds. The second-order valence-electron chi connectivity index (χ2n) is 5.60. The quantitative estimate of drug-likeness (QED) is 0.658. The van der Waals surface area contributed by atoms with E-state index in [4.69, 9.17) is 11.2 Å². The third-order valence-corrected chi connectivity index (χ3v) is 4.98. The minimum Gasteiger partial charge on any atom is -0.481 e. The van der Waals surface area contributed by atoms with Crippen LogP contribution in [0.5, 0.6) is 5.75 Å². The predicted octanol–water partition coefficient (Wildman–Crippen LogP) is 3.06.